The van der Waals surface area contributed by atoms with Crippen molar-refractivity contribution < 1.29 is 142 Å². The third-order valence-electron chi connectivity index (χ3n) is 27.5. The molecule has 133 heavy (non-hydrogen) atoms. The Morgan fingerprint density at radius 2 is 0.496 bits per heavy atom. The molecule has 0 aromatic carbocycles. The molecule has 13 saturated heterocycles. The average molecular weight is 1900 g/mol. The minimum atomic E-state index is -1.34. The quantitative estimate of drug-likeness (QED) is 0.0297. The van der Waals surface area contributed by atoms with E-state index >= 15 is 0 Å². The summed E-state index contributed by atoms with van der Waals surface area (Å²) in [6.07, 6.45) is -5.97. The van der Waals surface area contributed by atoms with Crippen LogP contribution in [-0.4, -0.2) is 488 Å². The lowest BCUT2D eigenvalue weighted by molar-refractivity contribution is -0.148. The van der Waals surface area contributed by atoms with Gasteiger partial charge in [-0.25, -0.2) is 0 Å². The number of rotatable bonds is 30. The van der Waals surface area contributed by atoms with Crippen molar-refractivity contribution in [3.8, 4) is 0 Å². The van der Waals surface area contributed by atoms with Gasteiger partial charge in [0.1, 0.15) is 85.1 Å². The fraction of sp³-hybridized carbons (Fsp3) is 0.744. The third kappa shape index (κ3) is 22.6. The fourth-order valence-electron chi connectivity index (χ4n) is 20.9. The smallest absolute Gasteiger partial charge is 0.322 e. The largest absolute Gasteiger partial charge is 0.480 e. The second-order valence-corrected chi connectivity index (χ2v) is 36.7. The van der Waals surface area contributed by atoms with Gasteiger partial charge in [0.25, 0.3) is 0 Å². The Bertz CT molecular complexity index is 4530. The van der Waals surface area contributed by atoms with Crippen molar-refractivity contribution in [1.29, 1.82) is 0 Å². The number of hydrogen-bond acceptors (Lipinski definition) is 30. The molecule has 0 aliphatic carbocycles. The van der Waals surface area contributed by atoms with E-state index < -0.39 is 291 Å². The highest BCUT2D eigenvalue weighted by Crippen LogP contribution is 2.34. The number of hydrogen-bond donors (Lipinski definition) is 18. The van der Waals surface area contributed by atoms with Gasteiger partial charge in [-0.3, -0.25) is 101 Å². The molecule has 13 aliphatic heterocycles. The number of likely N-dealkylation sites (tertiary alicyclic amines) is 12. The van der Waals surface area contributed by atoms with E-state index in [1.165, 1.54) is 29.4 Å². The summed E-state index contributed by atoms with van der Waals surface area (Å²) in [5.41, 5.74) is 0. The van der Waals surface area contributed by atoms with Crippen LogP contribution in [0.5, 0.6) is 0 Å². The number of aliphatic hydroxyl groups excluding tert-OH is 7. The molecule has 732 valence electrons. The van der Waals surface area contributed by atoms with Gasteiger partial charge in [-0.05, 0) is 83.5 Å². The molecule has 21 atom stereocenters. The Kier molecular flexibility index (Phi) is 32.5. The Labute approximate surface area is 767 Å². The number of aliphatic carboxylic acids is 1. The van der Waals surface area contributed by atoms with Crippen LogP contribution in [0.25, 0.3) is 0 Å². The van der Waals surface area contributed by atoms with Crippen LogP contribution in [0, 0.1) is 0 Å². The highest BCUT2D eigenvalue weighted by Gasteiger charge is 2.54. The van der Waals surface area contributed by atoms with Gasteiger partial charge in [0.15, 0.2) is 0 Å². The molecule has 0 spiro atoms. The van der Waals surface area contributed by atoms with Crippen molar-refractivity contribution in [3.63, 3.8) is 0 Å². The van der Waals surface area contributed by atoms with Crippen LogP contribution in [0.15, 0.2) is 0 Å². The van der Waals surface area contributed by atoms with Crippen LogP contribution >= 0.6 is 12.6 Å². The number of β-amino-alcohol motifs (C(OH)–C–C–N with tert-alkyl or cyclic N) is 7. The Hall–Kier alpha value is -11.1. The number of aliphatic hydroxyl groups is 7. The van der Waals surface area contributed by atoms with Crippen molar-refractivity contribution in [2.75, 3.05) is 137 Å². The number of carboxylic acids is 1. The van der Waals surface area contributed by atoms with Crippen molar-refractivity contribution in [1.82, 2.24) is 107 Å². The predicted octanol–water partition coefficient (Wildman–Crippen LogP) is -14.3. The van der Waals surface area contributed by atoms with Crippen LogP contribution < -0.4 is 47.9 Å². The first kappa shape index (κ1) is 99.4. The molecular weight excluding hydrogens is 1780 g/mol. The zero-order valence-electron chi connectivity index (χ0n) is 73.4. The number of nitrogens with one attached hydrogen (secondary N) is 9. The molecule has 0 saturated carbocycles. The number of carbonyl (C=O) groups is 21. The van der Waals surface area contributed by atoms with Gasteiger partial charge < -0.3 is 148 Å². The maximum atomic E-state index is 14.5. The van der Waals surface area contributed by atoms with Gasteiger partial charge in [-0.1, -0.05) is 0 Å². The van der Waals surface area contributed by atoms with Crippen molar-refractivity contribution in [3.05, 3.63) is 0 Å². The van der Waals surface area contributed by atoms with Crippen molar-refractivity contribution >= 4 is 137 Å². The molecule has 0 aromatic rings. The molecule has 0 aromatic heterocycles. The van der Waals surface area contributed by atoms with E-state index in [4.69, 9.17) is 5.11 Å². The van der Waals surface area contributed by atoms with E-state index in [0.717, 1.165) is 29.4 Å². The zero-order chi connectivity index (χ0) is 95.8. The molecule has 17 N–H and O–H groups in total. The van der Waals surface area contributed by atoms with E-state index in [0.29, 0.717) is 51.5 Å². The van der Waals surface area contributed by atoms with E-state index in [9.17, 15) is 136 Å². The monoisotopic (exact) mass is 1890 g/mol. The normalized spacial score (nSPS) is 30.4. The summed E-state index contributed by atoms with van der Waals surface area (Å²) in [6.45, 7) is -6.03. The fourth-order valence-corrected chi connectivity index (χ4v) is 21.1. The number of thiol groups is 1. The summed E-state index contributed by atoms with van der Waals surface area (Å²) in [7, 11) is 0. The highest BCUT2D eigenvalue weighted by atomic mass is 32.1. The summed E-state index contributed by atoms with van der Waals surface area (Å²) in [6, 6.07) is -16.4. The Balaban J connectivity index is 0.536. The van der Waals surface area contributed by atoms with Crippen molar-refractivity contribution in [2.45, 2.75) is 249 Å². The van der Waals surface area contributed by atoms with Gasteiger partial charge in [-0.15, -0.1) is 0 Å². The standard InChI is InChI=1S/C82H119N21O29S/c104-41-19-48(83-26-41)77(127)92-13-1-7-50(92)70(120)85-28-63(112)99-35-43(106)21-57(99)79(129)94-15-3-9-52(94)72(122)87-30-65(114)101-37-45(108)23-59(101)81(131)96-17-5-11-54(96)74(124)89-32-67(116)103-39-47(110)25-61(103)82(132)97-18-6-12-55(97)75(125)88-31-66(115)102-38-46(109)24-60(102)80(130)95-16-4-10-53(95)73(123)86-29-64(113)100-36-44(107)22-58(100)78(128)93-14-2-8-51(93)71(121)84-27-62(111)98-34-42(105)20-56(98)76(126)91-49(40-133)69(119)90-33-68(117)118/h41-61,83,104-110,133H,1-40H2,(H,84,121)(H,85,120)(H,86,123)(H,87,122)(H,88,125)(H,89,124)(H,90,119)(H,91,126)(H,117,118)/t41-,42-,43-,44-,45-,46-,47-,48+,49+,50+,51+,52+,53+,54+,55+,56+,57+,58+,59+,60+,61+/m1/s1. The van der Waals surface area contributed by atoms with Crippen molar-refractivity contribution in [2.24, 2.45) is 0 Å². The minimum absolute atomic E-state index is 0.0172. The minimum Gasteiger partial charge on any atom is -0.480 e. The molecule has 13 heterocycles. The van der Waals surface area contributed by atoms with Crippen LogP contribution in [0.4, 0.5) is 0 Å². The highest BCUT2D eigenvalue weighted by molar-refractivity contribution is 7.80. The number of amides is 20. The average Bonchev–Trinajstić information content (AvgIpc) is 1.67. The van der Waals surface area contributed by atoms with Crippen LogP contribution in [0.3, 0.4) is 0 Å². The van der Waals surface area contributed by atoms with Crippen LogP contribution in [0.2, 0.25) is 0 Å². The van der Waals surface area contributed by atoms with Crippen LogP contribution in [-0.2, 0) is 101 Å². The maximum Gasteiger partial charge on any atom is 0.322 e. The topological polar surface area (TPSA) is 667 Å². The van der Waals surface area contributed by atoms with E-state index in [1.54, 1.807) is 0 Å². The maximum absolute atomic E-state index is 14.5. The molecule has 13 aliphatic rings. The molecular formula is C82H119N21O29S. The molecule has 13 fully saturated rings. The SMILES string of the molecule is O=C(O)CNC(=O)[C@H](CS)NC(=O)[C@@H]1C[C@@H](O)CN1C(=O)CNC(=O)[C@@H]1CCCN1C(=O)[C@@H]1C[C@@H](O)CN1C(=O)CNC(=O)[C@@H]1CCCN1C(=O)[C@@H]1C[C@@H](O)CN1C(=O)CNC(=O)[C@@H]1CCCN1C(=O)[C@@H]1C[C@@H](O)CN1C(=O)CNC(=O)[C@@H]1CCCN1C(=O)[C@@H]1C[C@@H](O)CN1C(=O)CNC(=O)[C@@H]1CCCN1C(=O)[C@@H]1C[C@@H](O)CN1C(=O)CNC(=O)[C@@H]1CCCN1C(=O)[C@@H]1C[C@@H](O)CN1. The molecule has 0 bridgehead atoms. The molecule has 13 rings (SSSR count). The number of carboxylic acid groups (broad SMARTS) is 1. The first-order valence-electron chi connectivity index (χ1n) is 45.6. The number of carbonyl (C=O) groups excluding carboxylic acids is 20. The Morgan fingerprint density at radius 1 is 0.271 bits per heavy atom. The molecule has 0 unspecified atom stereocenters. The lowest BCUT2D eigenvalue weighted by Gasteiger charge is -2.32. The van der Waals surface area contributed by atoms with Crippen LogP contribution in [0.1, 0.15) is 122 Å². The van der Waals surface area contributed by atoms with Gasteiger partial charge in [0.2, 0.25) is 118 Å². The van der Waals surface area contributed by atoms with E-state index in [2.05, 4.69) is 60.5 Å². The van der Waals surface area contributed by atoms with Gasteiger partial charge in [-0.2, -0.15) is 12.6 Å². The molecule has 0 radical (unpaired) electrons. The molecule has 50 nitrogen and oxygen atoms in total. The predicted molar refractivity (Wildman–Crippen MR) is 452 cm³/mol. The van der Waals surface area contributed by atoms with Gasteiger partial charge in [0, 0.05) is 129 Å². The second kappa shape index (κ2) is 43.5. The van der Waals surface area contributed by atoms with E-state index in [1.807, 2.05) is 0 Å². The number of nitrogens with zero attached hydrogens (tertiary/aromatic N) is 12. The molecule has 51 heteroatoms. The molecule has 20 amide bonds. The summed E-state index contributed by atoms with van der Waals surface area (Å²) in [5, 5.41) is 106. The summed E-state index contributed by atoms with van der Waals surface area (Å²) in [5.74, 6) is -16.3. The summed E-state index contributed by atoms with van der Waals surface area (Å²) in [4.78, 5) is 302. The lowest BCUT2D eigenvalue weighted by Crippen LogP contribution is -2.57. The van der Waals surface area contributed by atoms with Gasteiger partial charge >= 0.3 is 5.97 Å². The third-order valence-corrected chi connectivity index (χ3v) is 27.8. The lowest BCUT2D eigenvalue weighted by atomic mass is 10.1. The second-order valence-electron chi connectivity index (χ2n) is 36.4. The summed E-state index contributed by atoms with van der Waals surface area (Å²) >= 11 is 4.05. The van der Waals surface area contributed by atoms with Gasteiger partial charge in [0.05, 0.1) is 88.0 Å². The van der Waals surface area contributed by atoms with E-state index in [-0.39, 0.29) is 167 Å². The first-order chi connectivity index (χ1) is 63.4. The zero-order valence-corrected chi connectivity index (χ0v) is 74.3. The Morgan fingerprint density at radius 3 is 0.714 bits per heavy atom. The first-order valence-corrected chi connectivity index (χ1v) is 46.2. The summed E-state index contributed by atoms with van der Waals surface area (Å²) < 4.78 is 0.